The first kappa shape index (κ1) is 24.7. The first-order valence-corrected chi connectivity index (χ1v) is 13.7. The van der Waals surface area contributed by atoms with Gasteiger partial charge in [-0.15, -0.1) is 0 Å². The van der Waals surface area contributed by atoms with Gasteiger partial charge in [-0.05, 0) is 73.6 Å². The lowest BCUT2D eigenvalue weighted by Gasteiger charge is -2.20. The lowest BCUT2D eigenvalue weighted by molar-refractivity contribution is -0.121. The van der Waals surface area contributed by atoms with Gasteiger partial charge >= 0.3 is 0 Å². The minimum atomic E-state index is -3.45. The fraction of sp³-hybridized carbons (Fsp3) is 0.500. The second-order valence-electron chi connectivity index (χ2n) is 9.34. The van der Waals surface area contributed by atoms with Crippen LogP contribution in [0.3, 0.4) is 0 Å². The van der Waals surface area contributed by atoms with E-state index in [9.17, 15) is 17.6 Å². The van der Waals surface area contributed by atoms with Crippen molar-refractivity contribution in [1.29, 1.82) is 0 Å². The van der Waals surface area contributed by atoms with Crippen LogP contribution < -0.4 is 10.2 Å². The molecule has 1 unspecified atom stereocenters. The molecule has 184 valence electrons. The molecule has 2 saturated heterocycles. The van der Waals surface area contributed by atoms with Gasteiger partial charge in [0.25, 0.3) is 0 Å². The van der Waals surface area contributed by atoms with Crippen molar-refractivity contribution in [3.05, 3.63) is 59.9 Å². The Bertz CT molecular complexity index is 1050. The van der Waals surface area contributed by atoms with E-state index in [1.54, 1.807) is 28.6 Å². The zero-order chi connectivity index (χ0) is 24.0. The Labute approximate surface area is 202 Å². The molecule has 2 aliphatic rings. The average molecular weight is 488 g/mol. The van der Waals surface area contributed by atoms with Crippen LogP contribution in [0.5, 0.6) is 0 Å². The molecular weight excluding hydrogens is 453 g/mol. The second-order valence-corrected chi connectivity index (χ2v) is 11.3. The van der Waals surface area contributed by atoms with E-state index in [2.05, 4.69) is 10.2 Å². The molecule has 2 aromatic carbocycles. The van der Waals surface area contributed by atoms with E-state index in [0.29, 0.717) is 43.3 Å². The van der Waals surface area contributed by atoms with E-state index < -0.39 is 10.0 Å². The number of nitrogens with one attached hydrogen (secondary N) is 1. The fourth-order valence-electron chi connectivity index (χ4n) is 4.75. The van der Waals surface area contributed by atoms with Crippen LogP contribution in [0.1, 0.15) is 44.1 Å². The Hall–Kier alpha value is -2.45. The summed E-state index contributed by atoms with van der Waals surface area (Å²) in [5.41, 5.74) is 1.96. The molecule has 6 nitrogen and oxygen atoms in total. The minimum absolute atomic E-state index is 0.00139. The Morgan fingerprint density at radius 1 is 0.941 bits per heavy atom. The van der Waals surface area contributed by atoms with Gasteiger partial charge in [-0.3, -0.25) is 4.79 Å². The van der Waals surface area contributed by atoms with Crippen molar-refractivity contribution in [2.75, 3.05) is 37.6 Å². The number of halogens is 1. The number of hydrogen-bond acceptors (Lipinski definition) is 4. The van der Waals surface area contributed by atoms with Crippen molar-refractivity contribution in [1.82, 2.24) is 9.62 Å². The summed E-state index contributed by atoms with van der Waals surface area (Å²) < 4.78 is 40.5. The summed E-state index contributed by atoms with van der Waals surface area (Å²) in [6.45, 7) is 3.56. The summed E-state index contributed by atoms with van der Waals surface area (Å²) in [5, 5.41) is 3.03. The van der Waals surface area contributed by atoms with Gasteiger partial charge in [-0.2, -0.15) is 4.31 Å². The van der Waals surface area contributed by atoms with E-state index in [1.807, 2.05) is 12.1 Å². The van der Waals surface area contributed by atoms with Gasteiger partial charge in [0.15, 0.2) is 0 Å². The van der Waals surface area contributed by atoms with Crippen molar-refractivity contribution >= 4 is 21.6 Å². The van der Waals surface area contributed by atoms with Crippen LogP contribution in [0.4, 0.5) is 10.1 Å². The second kappa shape index (κ2) is 11.3. The Kier molecular flexibility index (Phi) is 8.21. The molecule has 2 fully saturated rings. The maximum absolute atomic E-state index is 13.1. The molecule has 2 aromatic rings. The summed E-state index contributed by atoms with van der Waals surface area (Å²) >= 11 is 0. The van der Waals surface area contributed by atoms with Crippen LogP contribution in [0.15, 0.2) is 53.4 Å². The van der Waals surface area contributed by atoms with Crippen LogP contribution in [-0.2, 0) is 21.2 Å². The topological polar surface area (TPSA) is 69.7 Å². The molecule has 0 aromatic heterocycles. The highest BCUT2D eigenvalue weighted by atomic mass is 32.2. The van der Waals surface area contributed by atoms with Crippen LogP contribution in [-0.4, -0.2) is 51.4 Å². The number of hydrogen-bond donors (Lipinski definition) is 1. The molecule has 0 saturated carbocycles. The molecule has 2 heterocycles. The number of sulfonamides is 1. The number of nitrogens with zero attached hydrogens (tertiary/aromatic N) is 2. The molecule has 1 N–H and O–H groups in total. The number of carbonyl (C=O) groups is 1. The number of aryl methyl sites for hydroxylation is 1. The third-order valence-corrected chi connectivity index (χ3v) is 8.75. The molecule has 1 atom stereocenters. The highest BCUT2D eigenvalue weighted by Gasteiger charge is 2.25. The van der Waals surface area contributed by atoms with Gasteiger partial charge in [0.05, 0.1) is 4.90 Å². The van der Waals surface area contributed by atoms with Gasteiger partial charge in [0.2, 0.25) is 15.9 Å². The van der Waals surface area contributed by atoms with Crippen molar-refractivity contribution in [3.63, 3.8) is 0 Å². The highest BCUT2D eigenvalue weighted by Crippen LogP contribution is 2.24. The fourth-order valence-corrected chi connectivity index (χ4v) is 6.27. The predicted octanol–water partition coefficient (Wildman–Crippen LogP) is 3.97. The molecule has 34 heavy (non-hydrogen) atoms. The number of anilines is 1. The summed E-state index contributed by atoms with van der Waals surface area (Å²) in [7, 11) is -3.45. The van der Waals surface area contributed by atoms with Crippen molar-refractivity contribution < 1.29 is 17.6 Å². The molecule has 2 aliphatic heterocycles. The molecule has 0 aliphatic carbocycles. The summed E-state index contributed by atoms with van der Waals surface area (Å²) in [6.07, 6.45) is 5.93. The van der Waals surface area contributed by atoms with E-state index in [-0.39, 0.29) is 11.7 Å². The summed E-state index contributed by atoms with van der Waals surface area (Å²) in [4.78, 5) is 14.9. The Morgan fingerprint density at radius 2 is 1.62 bits per heavy atom. The SMILES string of the molecule is O=C(CCc1ccc(S(=O)(=O)N2CCCCCC2)cc1)NCC1CCN(c2ccc(F)cc2)C1. The molecular formula is C26H34FN3O3S. The van der Waals surface area contributed by atoms with Crippen molar-refractivity contribution in [3.8, 4) is 0 Å². The molecule has 0 spiro atoms. The zero-order valence-electron chi connectivity index (χ0n) is 19.6. The molecule has 0 radical (unpaired) electrons. The molecule has 8 heteroatoms. The van der Waals surface area contributed by atoms with Crippen LogP contribution >= 0.6 is 0 Å². The lowest BCUT2D eigenvalue weighted by atomic mass is 10.1. The first-order chi connectivity index (χ1) is 16.4. The lowest BCUT2D eigenvalue weighted by Crippen LogP contribution is -2.32. The van der Waals surface area contributed by atoms with Crippen LogP contribution in [0, 0.1) is 11.7 Å². The zero-order valence-corrected chi connectivity index (χ0v) is 20.4. The third-order valence-electron chi connectivity index (χ3n) is 6.83. The summed E-state index contributed by atoms with van der Waals surface area (Å²) in [5.74, 6) is 0.138. The maximum atomic E-state index is 13.1. The smallest absolute Gasteiger partial charge is 0.243 e. The van der Waals surface area contributed by atoms with E-state index in [1.165, 1.54) is 12.1 Å². The van der Waals surface area contributed by atoms with Crippen molar-refractivity contribution in [2.24, 2.45) is 5.92 Å². The predicted molar refractivity (Wildman–Crippen MR) is 132 cm³/mol. The van der Waals surface area contributed by atoms with Crippen LogP contribution in [0.25, 0.3) is 0 Å². The average Bonchev–Trinajstić information content (AvgIpc) is 3.14. The van der Waals surface area contributed by atoms with Gasteiger partial charge in [0.1, 0.15) is 5.82 Å². The van der Waals surface area contributed by atoms with Crippen molar-refractivity contribution in [2.45, 2.75) is 49.8 Å². The largest absolute Gasteiger partial charge is 0.371 e. The monoisotopic (exact) mass is 487 g/mol. The number of rotatable bonds is 8. The standard InChI is InChI=1S/C26H34FN3O3S/c27-23-8-10-24(11-9-23)29-18-15-22(20-29)19-28-26(31)14-7-21-5-12-25(13-6-21)34(32,33)30-16-3-1-2-4-17-30/h5-6,8-13,22H,1-4,7,14-20H2,(H,28,31). The van der Waals surface area contributed by atoms with Gasteiger partial charge < -0.3 is 10.2 Å². The molecule has 4 rings (SSSR count). The first-order valence-electron chi connectivity index (χ1n) is 12.3. The maximum Gasteiger partial charge on any atom is 0.243 e. The summed E-state index contributed by atoms with van der Waals surface area (Å²) in [6, 6.07) is 13.5. The highest BCUT2D eigenvalue weighted by molar-refractivity contribution is 7.89. The minimum Gasteiger partial charge on any atom is -0.371 e. The molecule has 1 amide bonds. The van der Waals surface area contributed by atoms with E-state index in [0.717, 1.165) is 56.4 Å². The quantitative estimate of drug-likeness (QED) is 0.612. The van der Waals surface area contributed by atoms with E-state index >= 15 is 0 Å². The number of carbonyl (C=O) groups excluding carboxylic acids is 1. The van der Waals surface area contributed by atoms with Gasteiger partial charge in [-0.25, -0.2) is 12.8 Å². The Balaban J connectivity index is 1.21. The number of benzene rings is 2. The van der Waals surface area contributed by atoms with Gasteiger partial charge in [0, 0.05) is 44.8 Å². The van der Waals surface area contributed by atoms with Crippen LogP contribution in [0.2, 0.25) is 0 Å². The van der Waals surface area contributed by atoms with E-state index in [4.69, 9.17) is 0 Å². The Morgan fingerprint density at radius 3 is 2.29 bits per heavy atom. The molecule has 0 bridgehead atoms. The van der Waals surface area contributed by atoms with Gasteiger partial charge in [-0.1, -0.05) is 25.0 Å². The third kappa shape index (κ3) is 6.36. The normalized spacial score (nSPS) is 19.7. The number of amides is 1.